The van der Waals surface area contributed by atoms with E-state index in [4.69, 9.17) is 5.73 Å². The van der Waals surface area contributed by atoms with Gasteiger partial charge in [0, 0.05) is 23.9 Å². The Balaban J connectivity index is 1.98. The number of halogens is 3. The third-order valence-electron chi connectivity index (χ3n) is 3.53. The molecule has 1 aromatic carbocycles. The van der Waals surface area contributed by atoms with Crippen LogP contribution in [-0.2, 0) is 0 Å². The first kappa shape index (κ1) is 13.2. The zero-order valence-corrected chi connectivity index (χ0v) is 10.1. The topological polar surface area (TPSA) is 38.0 Å². The van der Waals surface area contributed by atoms with Crippen LogP contribution in [0.4, 0.5) is 18.9 Å². The van der Waals surface area contributed by atoms with Crippen molar-refractivity contribution in [2.24, 2.45) is 11.7 Å². The lowest BCUT2D eigenvalue weighted by Crippen LogP contribution is -2.29. The van der Waals surface area contributed by atoms with Gasteiger partial charge in [0.1, 0.15) is 0 Å². The minimum Gasteiger partial charge on any atom is -0.382 e. The van der Waals surface area contributed by atoms with Crippen molar-refractivity contribution in [1.82, 2.24) is 0 Å². The van der Waals surface area contributed by atoms with E-state index in [2.05, 4.69) is 5.32 Å². The average Bonchev–Trinajstić information content (AvgIpc) is 2.37. The highest BCUT2D eigenvalue weighted by Crippen LogP contribution is 2.26. The molecule has 0 unspecified atom stereocenters. The molecule has 1 aromatic rings. The van der Waals surface area contributed by atoms with Gasteiger partial charge in [-0.1, -0.05) is 0 Å². The number of benzene rings is 1. The van der Waals surface area contributed by atoms with E-state index in [-0.39, 0.29) is 6.04 Å². The van der Waals surface area contributed by atoms with Crippen LogP contribution in [0.3, 0.4) is 0 Å². The normalized spacial score (nSPS) is 24.0. The zero-order chi connectivity index (χ0) is 13.1. The van der Waals surface area contributed by atoms with Gasteiger partial charge in [-0.25, -0.2) is 13.2 Å². The van der Waals surface area contributed by atoms with Crippen LogP contribution in [0.2, 0.25) is 0 Å². The van der Waals surface area contributed by atoms with Gasteiger partial charge in [-0.3, -0.25) is 0 Å². The lowest BCUT2D eigenvalue weighted by molar-refractivity contribution is 0.344. The largest absolute Gasteiger partial charge is 0.382 e. The van der Waals surface area contributed by atoms with Crippen LogP contribution in [0.25, 0.3) is 0 Å². The summed E-state index contributed by atoms with van der Waals surface area (Å²) in [5.74, 6) is -3.20. The summed E-state index contributed by atoms with van der Waals surface area (Å²) in [6.07, 6.45) is 3.87. The van der Waals surface area contributed by atoms with E-state index in [1.54, 1.807) is 0 Å². The molecular formula is C13H17F3N2. The fraction of sp³-hybridized carbons (Fsp3) is 0.538. The Hall–Kier alpha value is -1.23. The van der Waals surface area contributed by atoms with Gasteiger partial charge in [0.15, 0.2) is 17.5 Å². The van der Waals surface area contributed by atoms with Gasteiger partial charge in [0.2, 0.25) is 0 Å². The highest BCUT2D eigenvalue weighted by atomic mass is 19.2. The van der Waals surface area contributed by atoms with Crippen LogP contribution >= 0.6 is 0 Å². The highest BCUT2D eigenvalue weighted by molar-refractivity contribution is 5.45. The predicted molar refractivity (Wildman–Crippen MR) is 64.7 cm³/mol. The molecule has 5 heteroatoms. The van der Waals surface area contributed by atoms with Gasteiger partial charge >= 0.3 is 0 Å². The van der Waals surface area contributed by atoms with E-state index in [9.17, 15) is 13.2 Å². The van der Waals surface area contributed by atoms with E-state index >= 15 is 0 Å². The smallest absolute Gasteiger partial charge is 0.194 e. The summed E-state index contributed by atoms with van der Waals surface area (Å²) in [6.45, 7) is 0.687. The number of nitrogens with one attached hydrogen (secondary N) is 1. The number of rotatable bonds is 3. The Morgan fingerprint density at radius 2 is 1.61 bits per heavy atom. The summed E-state index contributed by atoms with van der Waals surface area (Å²) in [7, 11) is 0. The first-order valence-corrected chi connectivity index (χ1v) is 6.21. The molecule has 1 fully saturated rings. The van der Waals surface area contributed by atoms with Gasteiger partial charge in [-0.15, -0.1) is 0 Å². The van der Waals surface area contributed by atoms with Crippen LogP contribution in [0.1, 0.15) is 25.7 Å². The number of hydrogen-bond donors (Lipinski definition) is 2. The summed E-state index contributed by atoms with van der Waals surface area (Å²) in [5.41, 5.74) is 5.89. The molecule has 0 amide bonds. The summed E-state index contributed by atoms with van der Waals surface area (Å²) in [5, 5.41) is 3.05. The van der Waals surface area contributed by atoms with E-state index in [0.29, 0.717) is 18.2 Å². The molecule has 100 valence electrons. The van der Waals surface area contributed by atoms with Crippen molar-refractivity contribution in [1.29, 1.82) is 0 Å². The Morgan fingerprint density at radius 1 is 1.06 bits per heavy atom. The van der Waals surface area contributed by atoms with Crippen LogP contribution in [-0.4, -0.2) is 12.6 Å². The maximum absolute atomic E-state index is 13.0. The first-order valence-electron chi connectivity index (χ1n) is 6.21. The Kier molecular flexibility index (Phi) is 4.11. The number of hydrogen-bond acceptors (Lipinski definition) is 2. The molecule has 0 aromatic heterocycles. The fourth-order valence-electron chi connectivity index (χ4n) is 2.42. The summed E-state index contributed by atoms with van der Waals surface area (Å²) < 4.78 is 38.9. The Morgan fingerprint density at radius 3 is 2.11 bits per heavy atom. The van der Waals surface area contributed by atoms with Gasteiger partial charge in [0.25, 0.3) is 0 Å². The molecule has 0 radical (unpaired) electrons. The van der Waals surface area contributed by atoms with Crippen molar-refractivity contribution in [2.75, 3.05) is 11.9 Å². The second-order valence-electron chi connectivity index (χ2n) is 4.85. The van der Waals surface area contributed by atoms with Gasteiger partial charge in [-0.05, 0) is 38.1 Å². The molecular weight excluding hydrogens is 241 g/mol. The van der Waals surface area contributed by atoms with E-state index in [1.807, 2.05) is 0 Å². The first-order chi connectivity index (χ1) is 8.60. The molecule has 0 bridgehead atoms. The zero-order valence-electron chi connectivity index (χ0n) is 10.1. The molecule has 2 rings (SSSR count). The molecule has 0 saturated heterocycles. The molecule has 1 saturated carbocycles. The van der Waals surface area contributed by atoms with Gasteiger partial charge in [0.05, 0.1) is 0 Å². The molecule has 0 spiro atoms. The SMILES string of the molecule is NCC1CCC(Nc2cc(F)c(F)c(F)c2)CC1. The van der Waals surface area contributed by atoms with E-state index in [0.717, 1.165) is 37.8 Å². The number of nitrogens with two attached hydrogens (primary N) is 1. The van der Waals surface area contributed by atoms with Crippen molar-refractivity contribution in [2.45, 2.75) is 31.7 Å². The molecule has 18 heavy (non-hydrogen) atoms. The van der Waals surface area contributed by atoms with Crippen LogP contribution < -0.4 is 11.1 Å². The average molecular weight is 258 g/mol. The molecule has 2 nitrogen and oxygen atoms in total. The molecule has 1 aliphatic carbocycles. The summed E-state index contributed by atoms with van der Waals surface area (Å²) in [4.78, 5) is 0. The molecule has 3 N–H and O–H groups in total. The predicted octanol–water partition coefficient (Wildman–Crippen LogP) is 3.03. The quantitative estimate of drug-likeness (QED) is 0.818. The van der Waals surface area contributed by atoms with Crippen molar-refractivity contribution in [3.05, 3.63) is 29.6 Å². The third-order valence-corrected chi connectivity index (χ3v) is 3.53. The van der Waals surface area contributed by atoms with E-state index in [1.165, 1.54) is 0 Å². The third kappa shape index (κ3) is 2.96. The summed E-state index contributed by atoms with van der Waals surface area (Å²) in [6, 6.07) is 2.16. The van der Waals surface area contributed by atoms with Gasteiger partial charge < -0.3 is 11.1 Å². The Bertz CT molecular complexity index is 392. The lowest BCUT2D eigenvalue weighted by Gasteiger charge is -2.29. The van der Waals surface area contributed by atoms with E-state index < -0.39 is 17.5 Å². The van der Waals surface area contributed by atoms with Crippen LogP contribution in [0.15, 0.2) is 12.1 Å². The minimum absolute atomic E-state index is 0.178. The Labute approximate surface area is 104 Å². The fourth-order valence-corrected chi connectivity index (χ4v) is 2.42. The van der Waals surface area contributed by atoms with Crippen molar-refractivity contribution in [3.8, 4) is 0 Å². The second-order valence-corrected chi connectivity index (χ2v) is 4.85. The minimum atomic E-state index is -1.42. The van der Waals surface area contributed by atoms with Crippen LogP contribution in [0, 0.1) is 23.4 Å². The molecule has 0 aliphatic heterocycles. The van der Waals surface area contributed by atoms with Crippen molar-refractivity contribution in [3.63, 3.8) is 0 Å². The maximum Gasteiger partial charge on any atom is 0.194 e. The highest BCUT2D eigenvalue weighted by Gasteiger charge is 2.20. The standard InChI is InChI=1S/C13H17F3N2/c14-11-5-10(6-12(15)13(11)16)18-9-3-1-8(7-17)2-4-9/h5-6,8-9,18H,1-4,7,17H2. The molecule has 0 heterocycles. The molecule has 0 atom stereocenters. The monoisotopic (exact) mass is 258 g/mol. The maximum atomic E-state index is 13.0. The van der Waals surface area contributed by atoms with Crippen molar-refractivity contribution >= 4 is 5.69 Å². The van der Waals surface area contributed by atoms with Crippen LogP contribution in [0.5, 0.6) is 0 Å². The molecule has 1 aliphatic rings. The van der Waals surface area contributed by atoms with Crippen molar-refractivity contribution < 1.29 is 13.2 Å². The van der Waals surface area contributed by atoms with Gasteiger partial charge in [-0.2, -0.15) is 0 Å². The number of anilines is 1. The second kappa shape index (κ2) is 5.61. The lowest BCUT2D eigenvalue weighted by atomic mass is 9.86. The summed E-state index contributed by atoms with van der Waals surface area (Å²) >= 11 is 0.